The second-order valence-electron chi connectivity index (χ2n) is 6.95. The van der Waals surface area contributed by atoms with E-state index >= 15 is 0 Å². The van der Waals surface area contributed by atoms with E-state index in [1.54, 1.807) is 49.9 Å². The molecular formula is C26H24Cl2N2O4S2Sn. The van der Waals surface area contributed by atoms with Crippen LogP contribution in [0.2, 0.25) is 0 Å². The molecule has 4 rings (SSSR count). The van der Waals surface area contributed by atoms with Crippen molar-refractivity contribution in [2.45, 2.75) is 19.6 Å². The van der Waals surface area contributed by atoms with Gasteiger partial charge in [-0.1, -0.05) is 23.5 Å². The van der Waals surface area contributed by atoms with Gasteiger partial charge in [-0.2, -0.15) is 0 Å². The summed E-state index contributed by atoms with van der Waals surface area (Å²) >= 11 is 2.43. The second kappa shape index (κ2) is 17.3. The Labute approximate surface area is 242 Å². The molecule has 0 aliphatic heterocycles. The van der Waals surface area contributed by atoms with Crippen LogP contribution in [0, 0.1) is 10.1 Å². The van der Waals surface area contributed by atoms with E-state index in [-0.39, 0.29) is 5.69 Å². The number of anilines is 1. The van der Waals surface area contributed by atoms with Gasteiger partial charge >= 0.3 is 36.7 Å². The number of nitrogens with zero attached hydrogens (tertiary/aromatic N) is 1. The number of hydrogen-bond acceptors (Lipinski definition) is 7. The first-order chi connectivity index (χ1) is 17.9. The van der Waals surface area contributed by atoms with Crippen LogP contribution < -0.4 is 15.2 Å². The topological polar surface area (TPSA) is 87.6 Å². The van der Waals surface area contributed by atoms with Crippen molar-refractivity contribution < 1.29 is 14.4 Å². The van der Waals surface area contributed by atoms with Crippen LogP contribution in [0.3, 0.4) is 0 Å². The van der Waals surface area contributed by atoms with E-state index < -0.39 is 23.8 Å². The summed E-state index contributed by atoms with van der Waals surface area (Å²) in [5, 5.41) is 10.5. The fourth-order valence-electron chi connectivity index (χ4n) is 2.73. The molecule has 0 saturated carbocycles. The van der Waals surface area contributed by atoms with Crippen molar-refractivity contribution in [2.24, 2.45) is 0 Å². The molecule has 0 spiro atoms. The van der Waals surface area contributed by atoms with Crippen molar-refractivity contribution in [3.63, 3.8) is 0 Å². The molecule has 0 aromatic heterocycles. The van der Waals surface area contributed by atoms with Gasteiger partial charge < -0.3 is 15.2 Å². The van der Waals surface area contributed by atoms with Gasteiger partial charge in [0, 0.05) is 37.4 Å². The van der Waals surface area contributed by atoms with E-state index in [2.05, 4.69) is 0 Å². The normalized spacial score (nSPS) is 9.73. The first-order valence-corrected chi connectivity index (χ1v) is 19.4. The van der Waals surface area contributed by atoms with E-state index in [4.69, 9.17) is 33.0 Å². The third-order valence-corrected chi connectivity index (χ3v) is 6.55. The Hall–Kier alpha value is -2.24. The molecule has 0 amide bonds. The van der Waals surface area contributed by atoms with Gasteiger partial charge in [-0.25, -0.2) is 0 Å². The number of nitrogen functional groups attached to an aromatic ring is 1. The van der Waals surface area contributed by atoms with Gasteiger partial charge in [0.05, 0.1) is 19.1 Å². The molecule has 2 radical (unpaired) electrons. The molecule has 0 fully saturated rings. The molecule has 11 heteroatoms. The quantitative estimate of drug-likeness (QED) is 0.0911. The number of ether oxygens (including phenoxy) is 2. The van der Waals surface area contributed by atoms with Gasteiger partial charge in [-0.05, 0) is 84.9 Å². The van der Waals surface area contributed by atoms with Crippen LogP contribution in [0.1, 0.15) is 0 Å². The van der Waals surface area contributed by atoms with E-state index in [1.807, 2.05) is 72.8 Å². The summed E-state index contributed by atoms with van der Waals surface area (Å²) in [4.78, 5) is 14.5. The van der Waals surface area contributed by atoms with E-state index in [0.29, 0.717) is 0 Å². The second-order valence-corrected chi connectivity index (χ2v) is 13.5. The zero-order valence-corrected chi connectivity index (χ0v) is 26.0. The molecule has 0 aliphatic rings. The van der Waals surface area contributed by atoms with Crippen molar-refractivity contribution in [3.8, 4) is 11.5 Å². The predicted molar refractivity (Wildman–Crippen MR) is 156 cm³/mol. The number of halogens is 2. The van der Waals surface area contributed by atoms with Crippen molar-refractivity contribution in [2.75, 3.05) is 20.0 Å². The van der Waals surface area contributed by atoms with E-state index in [1.165, 1.54) is 21.9 Å². The van der Waals surface area contributed by atoms with Crippen molar-refractivity contribution in [1.82, 2.24) is 0 Å². The standard InChI is InChI=1S/C13H11NO3S.C13H13NOS.2ClH.Sn/c1-17-11-4-8-13(9-5-11)18-12-6-2-10(3-7-12)14(15)16;1-15-11-4-8-13(9-5-11)16-12-6-2-10(14)3-7-12;;;/h2-9H,1H3;2-9H,14H2,1H3;2*1H;/q;;;;+2/p-2. The Bertz CT molecular complexity index is 1220. The molecule has 2 N–H and O–H groups in total. The Morgan fingerprint density at radius 3 is 1.27 bits per heavy atom. The fraction of sp³-hybridized carbons (Fsp3) is 0.0769. The third-order valence-electron chi connectivity index (χ3n) is 4.52. The van der Waals surface area contributed by atoms with Gasteiger partial charge in [0.15, 0.2) is 0 Å². The Morgan fingerprint density at radius 2 is 0.973 bits per heavy atom. The minimum atomic E-state index is -0.826. The molecule has 0 bridgehead atoms. The van der Waals surface area contributed by atoms with Crippen molar-refractivity contribution in [3.05, 3.63) is 107 Å². The van der Waals surface area contributed by atoms with Crippen molar-refractivity contribution >= 4 is 71.6 Å². The van der Waals surface area contributed by atoms with Crippen LogP contribution in [-0.2, 0) is 0 Å². The number of non-ortho nitro benzene ring substituents is 1. The van der Waals surface area contributed by atoms with Crippen LogP contribution in [0.25, 0.3) is 0 Å². The summed E-state index contributed by atoms with van der Waals surface area (Å²) in [5.74, 6) is 1.68. The summed E-state index contributed by atoms with van der Waals surface area (Å²) in [5.41, 5.74) is 6.53. The summed E-state index contributed by atoms with van der Waals surface area (Å²) in [6.45, 7) is 0. The first-order valence-electron chi connectivity index (χ1n) is 10.6. The van der Waals surface area contributed by atoms with E-state index in [9.17, 15) is 10.1 Å². The Balaban J connectivity index is 0.000000237. The number of hydrogen-bond donors (Lipinski definition) is 1. The van der Waals surface area contributed by atoms with E-state index in [0.717, 1.165) is 27.0 Å². The van der Waals surface area contributed by atoms with Gasteiger partial charge in [0.25, 0.3) is 5.69 Å². The molecule has 192 valence electrons. The van der Waals surface area contributed by atoms with Gasteiger partial charge in [-0.15, -0.1) is 0 Å². The predicted octanol–water partition coefficient (Wildman–Crippen LogP) is 8.18. The molecule has 6 nitrogen and oxygen atoms in total. The van der Waals surface area contributed by atoms with Gasteiger partial charge in [-0.3, -0.25) is 10.1 Å². The molecule has 0 atom stereocenters. The summed E-state index contributed by atoms with van der Waals surface area (Å²) in [7, 11) is 13.2. The van der Waals surface area contributed by atoms with Crippen LogP contribution >= 0.6 is 41.4 Å². The average Bonchev–Trinajstić information content (AvgIpc) is 2.92. The SMILES string of the molecule is COc1ccc(Sc2ccc(N)cc2)cc1.COc1ccc(Sc2ccc([N+](=O)[O-])cc2)cc1.[Cl][Sn][Cl]. The first kappa shape index (κ1) is 31.0. The van der Waals surface area contributed by atoms with Gasteiger partial charge in [0.1, 0.15) is 11.5 Å². The Morgan fingerprint density at radius 1 is 0.676 bits per heavy atom. The third kappa shape index (κ3) is 11.8. The summed E-state index contributed by atoms with van der Waals surface area (Å²) in [6.07, 6.45) is 0. The number of nitro benzene ring substituents is 1. The van der Waals surface area contributed by atoms with Crippen LogP contribution in [-0.4, -0.2) is 38.0 Å². The minimum absolute atomic E-state index is 0.106. The molecule has 0 saturated heterocycles. The van der Waals surface area contributed by atoms with Crippen LogP contribution in [0.15, 0.2) is 117 Å². The molecule has 37 heavy (non-hydrogen) atoms. The van der Waals surface area contributed by atoms with Crippen molar-refractivity contribution in [1.29, 1.82) is 0 Å². The number of nitro groups is 1. The number of rotatable bonds is 7. The zero-order valence-electron chi connectivity index (χ0n) is 20.0. The summed E-state index contributed by atoms with van der Waals surface area (Å²) in [6, 6.07) is 30.0. The maximum absolute atomic E-state index is 10.5. The summed E-state index contributed by atoms with van der Waals surface area (Å²) < 4.78 is 10.2. The fourth-order valence-corrected chi connectivity index (χ4v) is 4.36. The molecule has 0 unspecified atom stereocenters. The van der Waals surface area contributed by atoms with Gasteiger partial charge in [0.2, 0.25) is 0 Å². The monoisotopic (exact) mass is 682 g/mol. The molecule has 4 aromatic rings. The molecule has 0 aliphatic carbocycles. The number of nitrogens with two attached hydrogens (primary N) is 1. The molecule has 4 aromatic carbocycles. The Kier molecular flexibility index (Phi) is 14.5. The zero-order chi connectivity index (χ0) is 27.0. The molecular weight excluding hydrogens is 658 g/mol. The number of benzene rings is 4. The average molecular weight is 682 g/mol. The van der Waals surface area contributed by atoms with Crippen LogP contribution in [0.5, 0.6) is 11.5 Å². The maximum atomic E-state index is 10.5. The number of methoxy groups -OCH3 is 2. The van der Waals surface area contributed by atoms with Crippen LogP contribution in [0.4, 0.5) is 11.4 Å². The molecule has 0 heterocycles.